The van der Waals surface area contributed by atoms with Gasteiger partial charge >= 0.3 is 0 Å². The Morgan fingerprint density at radius 1 is 0.340 bits per heavy atom. The van der Waals surface area contributed by atoms with Crippen molar-refractivity contribution in [3.8, 4) is 44.5 Å². The summed E-state index contributed by atoms with van der Waals surface area (Å²) in [6, 6.07) is 54.7. The fraction of sp³-hybridized carbons (Fsp3) is 0. The lowest BCUT2D eigenvalue weighted by Gasteiger charge is -2.20. The van der Waals surface area contributed by atoms with Crippen molar-refractivity contribution in [2.75, 3.05) is 0 Å². The number of hydrogen-bond donors (Lipinski definition) is 0. The van der Waals surface area contributed by atoms with E-state index in [0.717, 1.165) is 55.0 Å². The van der Waals surface area contributed by atoms with Crippen LogP contribution in [0.4, 0.5) is 0 Å². The Balaban J connectivity index is 1.32. The highest BCUT2D eigenvalue weighted by Crippen LogP contribution is 2.47. The highest BCUT2D eigenvalue weighted by molar-refractivity contribution is 6.26. The summed E-state index contributed by atoms with van der Waals surface area (Å²) in [5, 5.41) is 9.51. The van der Waals surface area contributed by atoms with Gasteiger partial charge in [-0.15, -0.1) is 0 Å². The van der Waals surface area contributed by atoms with E-state index < -0.39 is 0 Å². The average molecular weight is 636 g/mol. The van der Waals surface area contributed by atoms with Gasteiger partial charge in [-0.3, -0.25) is 9.97 Å². The van der Waals surface area contributed by atoms with E-state index in [1.165, 1.54) is 43.6 Å². The molecule has 3 aromatic heterocycles. The Bertz CT molecular complexity index is 2800. The van der Waals surface area contributed by atoms with Crippen molar-refractivity contribution in [1.82, 2.24) is 15.0 Å². The molecule has 0 fully saturated rings. The zero-order chi connectivity index (χ0) is 33.0. The largest absolute Gasteiger partial charge is 0.265 e. The monoisotopic (exact) mass is 635 g/mol. The second kappa shape index (κ2) is 11.5. The normalized spacial score (nSPS) is 11.6. The van der Waals surface area contributed by atoms with Crippen molar-refractivity contribution in [3.63, 3.8) is 0 Å². The second-order valence-corrected chi connectivity index (χ2v) is 12.8. The third-order valence-electron chi connectivity index (χ3n) is 9.96. The Morgan fingerprint density at radius 2 is 0.940 bits per heavy atom. The summed E-state index contributed by atoms with van der Waals surface area (Å²) in [5.74, 6) is 0. The first kappa shape index (κ1) is 28.3. The van der Waals surface area contributed by atoms with Crippen molar-refractivity contribution in [3.05, 3.63) is 176 Å². The van der Waals surface area contributed by atoms with Gasteiger partial charge in [0.15, 0.2) is 0 Å². The number of rotatable bonds is 4. The lowest BCUT2D eigenvalue weighted by molar-refractivity contribution is 1.32. The van der Waals surface area contributed by atoms with Crippen LogP contribution in [0.3, 0.4) is 0 Å². The molecule has 0 radical (unpaired) electrons. The molecular formula is C47H29N3. The lowest BCUT2D eigenvalue weighted by Crippen LogP contribution is -1.94. The molecule has 50 heavy (non-hydrogen) atoms. The highest BCUT2D eigenvalue weighted by atomic mass is 14.7. The van der Waals surface area contributed by atoms with Crippen molar-refractivity contribution in [1.29, 1.82) is 0 Å². The van der Waals surface area contributed by atoms with Crippen LogP contribution in [-0.4, -0.2) is 15.0 Å². The van der Waals surface area contributed by atoms with Gasteiger partial charge in [0.2, 0.25) is 0 Å². The number of pyridine rings is 3. The summed E-state index contributed by atoms with van der Waals surface area (Å²) in [5.41, 5.74) is 11.4. The Labute approximate surface area is 289 Å². The maximum Gasteiger partial charge on any atom is 0.0788 e. The number of aromatic nitrogens is 3. The Hall–Kier alpha value is -6.71. The predicted octanol–water partition coefficient (Wildman–Crippen LogP) is 12.3. The molecule has 0 spiro atoms. The van der Waals surface area contributed by atoms with E-state index in [-0.39, 0.29) is 0 Å². The lowest BCUT2D eigenvalue weighted by atomic mass is 9.83. The fourth-order valence-electron chi connectivity index (χ4n) is 7.74. The minimum Gasteiger partial charge on any atom is -0.265 e. The molecule has 0 aliphatic heterocycles. The van der Waals surface area contributed by atoms with E-state index in [9.17, 15) is 0 Å². The Morgan fingerprint density at radius 3 is 1.64 bits per heavy atom. The molecule has 0 atom stereocenters. The molecule has 10 rings (SSSR count). The van der Waals surface area contributed by atoms with Crippen LogP contribution in [-0.2, 0) is 0 Å². The first-order chi connectivity index (χ1) is 24.8. The van der Waals surface area contributed by atoms with Gasteiger partial charge in [0.25, 0.3) is 0 Å². The second-order valence-electron chi connectivity index (χ2n) is 12.8. The molecule has 3 heteroatoms. The van der Waals surface area contributed by atoms with Crippen LogP contribution < -0.4 is 0 Å². The number of hydrogen-bond acceptors (Lipinski definition) is 3. The van der Waals surface area contributed by atoms with Gasteiger partial charge in [0, 0.05) is 46.5 Å². The third kappa shape index (κ3) is 4.56. The van der Waals surface area contributed by atoms with E-state index in [4.69, 9.17) is 4.98 Å². The molecular weight excluding hydrogens is 607 g/mol. The molecule has 232 valence electrons. The van der Waals surface area contributed by atoms with Crippen LogP contribution in [0.1, 0.15) is 0 Å². The zero-order valence-electron chi connectivity index (χ0n) is 27.1. The maximum absolute atomic E-state index is 5.18. The quantitative estimate of drug-likeness (QED) is 0.143. The van der Waals surface area contributed by atoms with Gasteiger partial charge in [-0.05, 0) is 120 Å². The molecule has 10 aromatic rings. The molecule has 0 saturated carbocycles. The molecule has 0 saturated heterocycles. The van der Waals surface area contributed by atoms with Crippen LogP contribution in [0.2, 0.25) is 0 Å². The first-order valence-electron chi connectivity index (χ1n) is 16.9. The summed E-state index contributed by atoms with van der Waals surface area (Å²) in [6.07, 6.45) is 7.48. The van der Waals surface area contributed by atoms with E-state index >= 15 is 0 Å². The van der Waals surface area contributed by atoms with Crippen LogP contribution in [0.15, 0.2) is 176 Å². The van der Waals surface area contributed by atoms with Crippen LogP contribution in [0.5, 0.6) is 0 Å². The van der Waals surface area contributed by atoms with Crippen LogP contribution in [0.25, 0.3) is 98.6 Å². The van der Waals surface area contributed by atoms with Gasteiger partial charge in [-0.2, -0.15) is 0 Å². The summed E-state index contributed by atoms with van der Waals surface area (Å²) < 4.78 is 0. The van der Waals surface area contributed by atoms with Gasteiger partial charge in [0.05, 0.1) is 11.0 Å². The number of para-hydroxylation sites is 1. The van der Waals surface area contributed by atoms with Gasteiger partial charge in [0.1, 0.15) is 0 Å². The average Bonchev–Trinajstić information content (AvgIpc) is 3.19. The molecule has 0 N–H and O–H groups in total. The van der Waals surface area contributed by atoms with E-state index in [1.807, 2.05) is 30.9 Å². The van der Waals surface area contributed by atoms with Crippen LogP contribution >= 0.6 is 0 Å². The number of fused-ring (bicyclic) bond motifs is 6. The minimum atomic E-state index is 1.01. The smallest absolute Gasteiger partial charge is 0.0788 e. The summed E-state index contributed by atoms with van der Waals surface area (Å²) >= 11 is 0. The summed E-state index contributed by atoms with van der Waals surface area (Å²) in [7, 11) is 0. The Kier molecular flexibility index (Phi) is 6.49. The molecule has 7 aromatic carbocycles. The molecule has 0 unspecified atom stereocenters. The SMILES string of the molecule is c1cncc(-c2cc(-c3ccncc3)cc(-c3c4ccccc4c(-c4cc5cc6ccccc6nc5c5ccccc45)c4ccccc34)c2)c1. The van der Waals surface area contributed by atoms with Crippen molar-refractivity contribution < 1.29 is 0 Å². The molecule has 3 heterocycles. The third-order valence-corrected chi connectivity index (χ3v) is 9.96. The predicted molar refractivity (Wildman–Crippen MR) is 209 cm³/mol. The summed E-state index contributed by atoms with van der Waals surface area (Å²) in [6.45, 7) is 0. The maximum atomic E-state index is 5.18. The molecule has 0 amide bonds. The molecule has 0 aliphatic rings. The zero-order valence-corrected chi connectivity index (χ0v) is 27.1. The number of benzene rings is 7. The van der Waals surface area contributed by atoms with Crippen molar-refractivity contribution >= 4 is 54.1 Å². The first-order valence-corrected chi connectivity index (χ1v) is 16.9. The molecule has 0 aliphatic carbocycles. The van der Waals surface area contributed by atoms with E-state index in [2.05, 4.69) is 156 Å². The topological polar surface area (TPSA) is 38.7 Å². The van der Waals surface area contributed by atoms with Crippen molar-refractivity contribution in [2.24, 2.45) is 0 Å². The van der Waals surface area contributed by atoms with Gasteiger partial charge in [-0.25, -0.2) is 4.98 Å². The van der Waals surface area contributed by atoms with E-state index in [1.54, 1.807) is 0 Å². The van der Waals surface area contributed by atoms with Gasteiger partial charge in [-0.1, -0.05) is 97.1 Å². The van der Waals surface area contributed by atoms with Crippen LogP contribution in [0, 0.1) is 0 Å². The number of nitrogens with zero attached hydrogens (tertiary/aromatic N) is 3. The molecule has 0 bridgehead atoms. The van der Waals surface area contributed by atoms with Crippen molar-refractivity contribution in [2.45, 2.75) is 0 Å². The summed E-state index contributed by atoms with van der Waals surface area (Å²) in [4.78, 5) is 13.9. The highest BCUT2D eigenvalue weighted by Gasteiger charge is 2.20. The minimum absolute atomic E-state index is 1.01. The van der Waals surface area contributed by atoms with E-state index in [0.29, 0.717) is 0 Å². The fourth-order valence-corrected chi connectivity index (χ4v) is 7.74. The van der Waals surface area contributed by atoms with Gasteiger partial charge < -0.3 is 0 Å². The molecule has 3 nitrogen and oxygen atoms in total. The standard InChI is InChI=1S/C47H29N3/c1-8-18-44-31(10-1)24-36-28-43(37-12-2-7-17-42(37)47(36)50-44)46-40-15-5-3-13-38(40)45(39-14-4-6-16-41(39)46)35-26-33(30-19-22-48-23-20-30)25-34(27-35)32-11-9-21-49-29-32/h1-29H.